The van der Waals surface area contributed by atoms with Gasteiger partial charge >= 0.3 is 0 Å². The number of hydrogen-bond acceptors (Lipinski definition) is 4. The lowest BCUT2D eigenvalue weighted by Gasteiger charge is -2.28. The lowest BCUT2D eigenvalue weighted by atomic mass is 9.88. The standard InChI is InChI=1S/C11H17N3O/c12-10(8-3-6-15-7-4-8)9-2-1-5-14-11(9)13/h1-2,5,8,10H,3-4,6-7,12H2,(H2,13,14)/t10-/m1/s1. The maximum Gasteiger partial charge on any atom is 0.128 e. The van der Waals surface area contributed by atoms with Crippen molar-refractivity contribution in [1.82, 2.24) is 4.98 Å². The van der Waals surface area contributed by atoms with E-state index in [4.69, 9.17) is 16.2 Å². The molecule has 4 nitrogen and oxygen atoms in total. The molecule has 0 aliphatic carbocycles. The average molecular weight is 207 g/mol. The smallest absolute Gasteiger partial charge is 0.128 e. The fraction of sp³-hybridized carbons (Fsp3) is 0.545. The SMILES string of the molecule is Nc1ncccc1[C@H](N)C1CCOCC1. The number of nitrogen functional groups attached to an aromatic ring is 1. The zero-order valence-electron chi connectivity index (χ0n) is 8.73. The lowest BCUT2D eigenvalue weighted by Crippen LogP contribution is -2.28. The van der Waals surface area contributed by atoms with Gasteiger partial charge in [0.2, 0.25) is 0 Å². The minimum atomic E-state index is -0.0115. The van der Waals surface area contributed by atoms with Gasteiger partial charge in [0, 0.05) is 31.0 Å². The molecular formula is C11H17N3O. The predicted molar refractivity (Wildman–Crippen MR) is 59.1 cm³/mol. The number of aromatic nitrogens is 1. The van der Waals surface area contributed by atoms with Gasteiger partial charge in [-0.15, -0.1) is 0 Å². The summed E-state index contributed by atoms with van der Waals surface area (Å²) in [5.74, 6) is 1.02. The number of ether oxygens (including phenoxy) is 1. The maximum absolute atomic E-state index is 6.20. The van der Waals surface area contributed by atoms with Gasteiger partial charge in [-0.05, 0) is 24.8 Å². The van der Waals surface area contributed by atoms with Gasteiger partial charge in [0.05, 0.1) is 0 Å². The van der Waals surface area contributed by atoms with Crippen LogP contribution in [0.1, 0.15) is 24.4 Å². The van der Waals surface area contributed by atoms with Crippen molar-refractivity contribution in [2.45, 2.75) is 18.9 Å². The fourth-order valence-corrected chi connectivity index (χ4v) is 2.04. The van der Waals surface area contributed by atoms with E-state index in [2.05, 4.69) is 4.98 Å². The molecule has 0 aromatic carbocycles. The quantitative estimate of drug-likeness (QED) is 0.761. The van der Waals surface area contributed by atoms with Crippen LogP contribution in [-0.2, 0) is 4.74 Å². The van der Waals surface area contributed by atoms with E-state index in [1.165, 1.54) is 0 Å². The van der Waals surface area contributed by atoms with Gasteiger partial charge in [-0.3, -0.25) is 0 Å². The molecule has 2 heterocycles. The zero-order valence-corrected chi connectivity index (χ0v) is 8.73. The Labute approximate surface area is 89.6 Å². The van der Waals surface area contributed by atoms with Gasteiger partial charge in [-0.25, -0.2) is 4.98 Å². The summed E-state index contributed by atoms with van der Waals surface area (Å²) >= 11 is 0. The normalized spacial score (nSPS) is 20.1. The van der Waals surface area contributed by atoms with Crippen LogP contribution in [0, 0.1) is 5.92 Å². The summed E-state index contributed by atoms with van der Waals surface area (Å²) in [7, 11) is 0. The second-order valence-corrected chi connectivity index (χ2v) is 3.95. The number of pyridine rings is 1. The summed E-state index contributed by atoms with van der Waals surface area (Å²) in [6, 6.07) is 3.83. The van der Waals surface area contributed by atoms with Crippen LogP contribution >= 0.6 is 0 Å². The molecule has 4 N–H and O–H groups in total. The topological polar surface area (TPSA) is 74.2 Å². The molecule has 15 heavy (non-hydrogen) atoms. The molecule has 0 bridgehead atoms. The first-order chi connectivity index (χ1) is 7.29. The van der Waals surface area contributed by atoms with Crippen molar-refractivity contribution in [2.24, 2.45) is 11.7 Å². The van der Waals surface area contributed by atoms with Gasteiger partial charge in [-0.2, -0.15) is 0 Å². The minimum Gasteiger partial charge on any atom is -0.383 e. The van der Waals surface area contributed by atoms with Crippen molar-refractivity contribution in [3.8, 4) is 0 Å². The molecule has 1 aliphatic heterocycles. The Morgan fingerprint density at radius 2 is 2.13 bits per heavy atom. The van der Waals surface area contributed by atoms with E-state index in [1.807, 2.05) is 12.1 Å². The molecule has 1 aromatic rings. The van der Waals surface area contributed by atoms with E-state index in [9.17, 15) is 0 Å². The van der Waals surface area contributed by atoms with Gasteiger partial charge in [0.1, 0.15) is 5.82 Å². The third-order valence-electron chi connectivity index (χ3n) is 3.00. The summed E-state index contributed by atoms with van der Waals surface area (Å²) in [5, 5.41) is 0. The van der Waals surface area contributed by atoms with Gasteiger partial charge in [-0.1, -0.05) is 6.07 Å². The van der Waals surface area contributed by atoms with Crippen LogP contribution < -0.4 is 11.5 Å². The van der Waals surface area contributed by atoms with Crippen LogP contribution in [0.4, 0.5) is 5.82 Å². The third-order valence-corrected chi connectivity index (χ3v) is 3.00. The monoisotopic (exact) mass is 207 g/mol. The highest BCUT2D eigenvalue weighted by molar-refractivity contribution is 5.40. The van der Waals surface area contributed by atoms with E-state index in [0.29, 0.717) is 11.7 Å². The van der Waals surface area contributed by atoms with Crippen molar-refractivity contribution in [3.05, 3.63) is 23.9 Å². The van der Waals surface area contributed by atoms with Crippen LogP contribution in [0.3, 0.4) is 0 Å². The van der Waals surface area contributed by atoms with Gasteiger partial charge < -0.3 is 16.2 Å². The number of hydrogen-bond donors (Lipinski definition) is 2. The third kappa shape index (κ3) is 2.27. The Hall–Kier alpha value is -1.13. The highest BCUT2D eigenvalue weighted by atomic mass is 16.5. The van der Waals surface area contributed by atoms with Crippen LogP contribution in [-0.4, -0.2) is 18.2 Å². The van der Waals surface area contributed by atoms with Crippen LogP contribution in [0.5, 0.6) is 0 Å². The summed E-state index contributed by atoms with van der Waals surface area (Å²) in [5.41, 5.74) is 13.0. The molecule has 1 saturated heterocycles. The van der Waals surface area contributed by atoms with E-state index in [1.54, 1.807) is 6.20 Å². The van der Waals surface area contributed by atoms with Crippen LogP contribution in [0.25, 0.3) is 0 Å². The molecule has 4 heteroatoms. The highest BCUT2D eigenvalue weighted by Gasteiger charge is 2.23. The summed E-state index contributed by atoms with van der Waals surface area (Å²) in [6.45, 7) is 1.61. The molecule has 82 valence electrons. The number of anilines is 1. The molecular weight excluding hydrogens is 190 g/mol. The Morgan fingerprint density at radius 3 is 2.80 bits per heavy atom. The molecule has 1 atom stereocenters. The number of nitrogens with zero attached hydrogens (tertiary/aromatic N) is 1. The van der Waals surface area contributed by atoms with E-state index in [-0.39, 0.29) is 6.04 Å². The molecule has 1 aliphatic rings. The summed E-state index contributed by atoms with van der Waals surface area (Å²) in [4.78, 5) is 4.06. The van der Waals surface area contributed by atoms with E-state index in [0.717, 1.165) is 31.6 Å². The predicted octanol–water partition coefficient (Wildman–Crippen LogP) is 1.09. The minimum absolute atomic E-state index is 0.0115. The first-order valence-corrected chi connectivity index (χ1v) is 5.33. The number of rotatable bonds is 2. The highest BCUT2D eigenvalue weighted by Crippen LogP contribution is 2.29. The lowest BCUT2D eigenvalue weighted by molar-refractivity contribution is 0.0584. The summed E-state index contributed by atoms with van der Waals surface area (Å²) in [6.07, 6.45) is 3.71. The maximum atomic E-state index is 6.20. The van der Waals surface area contributed by atoms with Crippen LogP contribution in [0.15, 0.2) is 18.3 Å². The second-order valence-electron chi connectivity index (χ2n) is 3.95. The Balaban J connectivity index is 2.12. The van der Waals surface area contributed by atoms with Crippen molar-refractivity contribution in [2.75, 3.05) is 18.9 Å². The molecule has 0 amide bonds. The summed E-state index contributed by atoms with van der Waals surface area (Å²) < 4.78 is 5.31. The van der Waals surface area contributed by atoms with Crippen molar-refractivity contribution >= 4 is 5.82 Å². The molecule has 0 saturated carbocycles. The number of nitrogens with two attached hydrogens (primary N) is 2. The Kier molecular flexibility index (Phi) is 3.18. The first kappa shape index (κ1) is 10.4. The molecule has 0 unspecified atom stereocenters. The first-order valence-electron chi connectivity index (χ1n) is 5.33. The van der Waals surface area contributed by atoms with Gasteiger partial charge in [0.25, 0.3) is 0 Å². The molecule has 1 fully saturated rings. The second kappa shape index (κ2) is 4.59. The van der Waals surface area contributed by atoms with E-state index >= 15 is 0 Å². The van der Waals surface area contributed by atoms with Crippen molar-refractivity contribution in [3.63, 3.8) is 0 Å². The van der Waals surface area contributed by atoms with Crippen molar-refractivity contribution in [1.29, 1.82) is 0 Å². The molecule has 1 aromatic heterocycles. The average Bonchev–Trinajstić information content (AvgIpc) is 2.30. The molecule has 2 rings (SSSR count). The Morgan fingerprint density at radius 1 is 1.40 bits per heavy atom. The fourth-order valence-electron chi connectivity index (χ4n) is 2.04. The molecule has 0 spiro atoms. The molecule has 0 radical (unpaired) electrons. The van der Waals surface area contributed by atoms with E-state index < -0.39 is 0 Å². The van der Waals surface area contributed by atoms with Crippen LogP contribution in [0.2, 0.25) is 0 Å². The largest absolute Gasteiger partial charge is 0.383 e. The zero-order chi connectivity index (χ0) is 10.7. The Bertz CT molecular complexity index is 323. The van der Waals surface area contributed by atoms with Gasteiger partial charge in [0.15, 0.2) is 0 Å². The van der Waals surface area contributed by atoms with Crippen molar-refractivity contribution < 1.29 is 4.74 Å².